The number of methoxy groups -OCH3 is 2. The van der Waals surface area contributed by atoms with Crippen LogP contribution in [0.5, 0.6) is 0 Å². The molecule has 0 unspecified atom stereocenters. The molecule has 0 saturated carbocycles. The lowest BCUT2D eigenvalue weighted by Gasteiger charge is -2.17. The average molecular weight is 763 g/mol. The first kappa shape index (κ1) is 41.1. The predicted octanol–water partition coefficient (Wildman–Crippen LogP) is 5.36. The molecule has 1 amide bonds. The Hall–Kier alpha value is -6.02. The molecule has 0 aliphatic heterocycles. The number of nitrogens with two attached hydrogens (primary N) is 1. The third-order valence-corrected chi connectivity index (χ3v) is 9.04. The Morgan fingerprint density at radius 2 is 1.20 bits per heavy atom. The van der Waals surface area contributed by atoms with Crippen LogP contribution in [0.2, 0.25) is 0 Å². The monoisotopic (exact) mass is 762 g/mol. The number of amides is 1. The van der Waals surface area contributed by atoms with Crippen molar-refractivity contribution in [3.8, 4) is 33.9 Å². The smallest absolute Gasteiger partial charge is 0.337 e. The molecular weight excluding hydrogens is 713 g/mol. The first-order valence-corrected chi connectivity index (χ1v) is 18.3. The molecule has 13 heteroatoms. The van der Waals surface area contributed by atoms with Gasteiger partial charge in [0.15, 0.2) is 0 Å². The number of esters is 2. The summed E-state index contributed by atoms with van der Waals surface area (Å²) in [5.41, 5.74) is 13.0. The average Bonchev–Trinajstić information content (AvgIpc) is 3.59. The summed E-state index contributed by atoms with van der Waals surface area (Å²) < 4.78 is 23.0. The van der Waals surface area contributed by atoms with Crippen molar-refractivity contribution in [2.45, 2.75) is 6.54 Å². The Labute approximate surface area is 327 Å². The first-order chi connectivity index (χ1) is 27.0. The summed E-state index contributed by atoms with van der Waals surface area (Å²) in [5.74, 6) is -0.922. The maximum atomic E-state index is 13.0. The number of imidazole rings is 1. The van der Waals surface area contributed by atoms with E-state index in [2.05, 4.69) is 22.0 Å². The molecule has 0 bridgehead atoms. The van der Waals surface area contributed by atoms with Crippen LogP contribution < -0.4 is 20.9 Å². The van der Waals surface area contributed by atoms with E-state index < -0.39 is 11.9 Å². The fourth-order valence-corrected chi connectivity index (χ4v) is 6.07. The van der Waals surface area contributed by atoms with E-state index in [1.807, 2.05) is 86.5 Å². The zero-order valence-electron chi connectivity index (χ0n) is 32.8. The van der Waals surface area contributed by atoms with Crippen molar-refractivity contribution in [3.63, 3.8) is 0 Å². The molecule has 56 heavy (non-hydrogen) atoms. The second-order valence-corrected chi connectivity index (χ2v) is 13.3. The zero-order chi connectivity index (χ0) is 40.2. The maximum Gasteiger partial charge on any atom is 0.337 e. The second kappa shape index (κ2) is 19.5. The van der Waals surface area contributed by atoms with Gasteiger partial charge >= 0.3 is 11.9 Å². The lowest BCUT2D eigenvalue weighted by molar-refractivity contribution is 0.0511. The minimum absolute atomic E-state index is 0.175. The van der Waals surface area contributed by atoms with E-state index in [0.717, 1.165) is 33.8 Å². The van der Waals surface area contributed by atoms with E-state index in [4.69, 9.17) is 29.7 Å². The van der Waals surface area contributed by atoms with Crippen LogP contribution in [0.1, 0.15) is 36.6 Å². The summed E-state index contributed by atoms with van der Waals surface area (Å²) in [6.07, 6.45) is 0. The number of hydrogen-bond acceptors (Lipinski definition) is 11. The zero-order valence-corrected chi connectivity index (χ0v) is 32.8. The molecule has 0 fully saturated rings. The normalized spacial score (nSPS) is 10.9. The van der Waals surface area contributed by atoms with Crippen molar-refractivity contribution in [3.05, 3.63) is 113 Å². The number of ether oxygens (including phenoxy) is 4. The SMILES string of the molecule is COC(=O)c1cc(C(=O)OC)cc(-c2nc(-c3ccc(N(C)C)cc3)c(-c3ccc(N(C)C)cc3)n2Cc2ccc(C(=O)NCCOCCOCCN)cc2)c1. The number of anilines is 2. The molecule has 1 aromatic heterocycles. The van der Waals surface area contributed by atoms with E-state index in [-0.39, 0.29) is 17.0 Å². The van der Waals surface area contributed by atoms with Gasteiger partial charge in [-0.15, -0.1) is 0 Å². The summed E-state index contributed by atoms with van der Waals surface area (Å²) in [7, 11) is 10.5. The van der Waals surface area contributed by atoms with E-state index in [9.17, 15) is 14.4 Å². The van der Waals surface area contributed by atoms with Crippen molar-refractivity contribution in [1.82, 2.24) is 14.9 Å². The highest BCUT2D eigenvalue weighted by Gasteiger charge is 2.24. The number of nitrogens with one attached hydrogen (secondary N) is 1. The Bertz CT molecular complexity index is 2060. The largest absolute Gasteiger partial charge is 0.465 e. The summed E-state index contributed by atoms with van der Waals surface area (Å²) in [6.45, 7) is 2.84. The number of benzene rings is 4. The lowest BCUT2D eigenvalue weighted by Crippen LogP contribution is -2.27. The molecule has 0 aliphatic rings. The van der Waals surface area contributed by atoms with E-state index >= 15 is 0 Å². The van der Waals surface area contributed by atoms with Crippen LogP contribution in [-0.4, -0.2) is 109 Å². The van der Waals surface area contributed by atoms with Crippen LogP contribution in [0.15, 0.2) is 91.0 Å². The van der Waals surface area contributed by atoms with Gasteiger partial charge in [-0.2, -0.15) is 0 Å². The van der Waals surface area contributed by atoms with Crippen LogP contribution >= 0.6 is 0 Å². The molecule has 3 N–H and O–H groups in total. The summed E-state index contributed by atoms with van der Waals surface area (Å²) in [5, 5.41) is 2.89. The van der Waals surface area contributed by atoms with Gasteiger partial charge in [-0.25, -0.2) is 14.6 Å². The molecule has 294 valence electrons. The Kier molecular flexibility index (Phi) is 14.4. The number of aromatic nitrogens is 2. The van der Waals surface area contributed by atoms with Crippen molar-refractivity contribution in [1.29, 1.82) is 0 Å². The number of carbonyl (C=O) groups is 3. The van der Waals surface area contributed by atoms with Crippen LogP contribution in [0.25, 0.3) is 33.9 Å². The van der Waals surface area contributed by atoms with Crippen molar-refractivity contribution in [2.24, 2.45) is 5.73 Å². The third kappa shape index (κ3) is 10.2. The van der Waals surface area contributed by atoms with Gasteiger partial charge in [-0.3, -0.25) is 4.79 Å². The molecule has 13 nitrogen and oxygen atoms in total. The molecule has 0 saturated heterocycles. The molecule has 4 aromatic carbocycles. The molecule has 0 radical (unpaired) electrons. The maximum absolute atomic E-state index is 13.0. The van der Waals surface area contributed by atoms with Crippen molar-refractivity contribution >= 4 is 29.2 Å². The minimum atomic E-state index is -0.605. The van der Waals surface area contributed by atoms with Gasteiger partial charge < -0.3 is 44.4 Å². The van der Waals surface area contributed by atoms with Gasteiger partial charge in [0.1, 0.15) is 5.82 Å². The quantitative estimate of drug-likeness (QED) is 0.0878. The molecule has 5 aromatic rings. The predicted molar refractivity (Wildman–Crippen MR) is 218 cm³/mol. The van der Waals surface area contributed by atoms with E-state index in [0.29, 0.717) is 68.7 Å². The van der Waals surface area contributed by atoms with Gasteiger partial charge in [-0.1, -0.05) is 36.4 Å². The summed E-state index contributed by atoms with van der Waals surface area (Å²) in [6, 6.07) is 28.5. The van der Waals surface area contributed by atoms with Gasteiger partial charge in [0, 0.05) is 81.5 Å². The number of nitrogens with zero attached hydrogens (tertiary/aromatic N) is 4. The van der Waals surface area contributed by atoms with Crippen LogP contribution in [0.3, 0.4) is 0 Å². The fraction of sp³-hybridized carbons (Fsp3) is 0.302. The Balaban J connectivity index is 1.60. The molecule has 1 heterocycles. The van der Waals surface area contributed by atoms with Crippen molar-refractivity contribution < 1.29 is 33.3 Å². The van der Waals surface area contributed by atoms with Gasteiger partial charge in [-0.05, 0) is 60.2 Å². The van der Waals surface area contributed by atoms with E-state index in [1.165, 1.54) is 20.3 Å². The van der Waals surface area contributed by atoms with Crippen LogP contribution in [0, 0.1) is 0 Å². The number of hydrogen-bond donors (Lipinski definition) is 2. The first-order valence-electron chi connectivity index (χ1n) is 18.3. The number of rotatable bonds is 18. The summed E-state index contributed by atoms with van der Waals surface area (Å²) >= 11 is 0. The second-order valence-electron chi connectivity index (χ2n) is 13.3. The highest BCUT2D eigenvalue weighted by molar-refractivity contribution is 5.98. The van der Waals surface area contributed by atoms with Crippen LogP contribution in [-0.2, 0) is 25.5 Å². The Morgan fingerprint density at radius 1 is 0.661 bits per heavy atom. The molecular formula is C43H50N6O7. The molecule has 0 spiro atoms. The molecule has 0 atom stereocenters. The van der Waals surface area contributed by atoms with Crippen molar-refractivity contribution in [2.75, 3.05) is 91.7 Å². The van der Waals surface area contributed by atoms with Gasteiger partial charge in [0.2, 0.25) is 0 Å². The van der Waals surface area contributed by atoms with Gasteiger partial charge in [0.25, 0.3) is 5.91 Å². The molecule has 0 aliphatic carbocycles. The fourth-order valence-electron chi connectivity index (χ4n) is 6.07. The lowest BCUT2D eigenvalue weighted by atomic mass is 10.0. The van der Waals surface area contributed by atoms with E-state index in [1.54, 1.807) is 24.3 Å². The Morgan fingerprint density at radius 3 is 1.71 bits per heavy atom. The highest BCUT2D eigenvalue weighted by Crippen LogP contribution is 2.38. The third-order valence-electron chi connectivity index (χ3n) is 9.04. The van der Waals surface area contributed by atoms with Crippen LogP contribution in [0.4, 0.5) is 11.4 Å². The molecule has 5 rings (SSSR count). The minimum Gasteiger partial charge on any atom is -0.465 e. The summed E-state index contributed by atoms with van der Waals surface area (Å²) in [4.78, 5) is 48.1. The van der Waals surface area contributed by atoms with Gasteiger partial charge in [0.05, 0.1) is 63.2 Å². The highest BCUT2D eigenvalue weighted by atomic mass is 16.5. The topological polar surface area (TPSA) is 150 Å². The standard InChI is InChI=1S/C43H50N6O7/c1-47(2)36-15-11-30(12-16-36)38-39(31-13-17-37(18-14-31)48(3)4)49(40(46-38)33-25-34(42(51)53-5)27-35(26-33)43(52)54-6)28-29-7-9-32(10-8-29)41(50)45-20-22-56-24-23-55-21-19-44/h7-18,25-27H,19-24,28,44H2,1-6H3,(H,45,50). The number of carbonyl (C=O) groups excluding carboxylic acids is 3.